The van der Waals surface area contributed by atoms with Crippen LogP contribution >= 0.6 is 0 Å². The minimum absolute atomic E-state index is 0.0963. The maximum atomic E-state index is 12.0. The molecule has 1 saturated carbocycles. The molecule has 0 unspecified atom stereocenters. The highest BCUT2D eigenvalue weighted by Crippen LogP contribution is 2.33. The second-order valence-electron chi connectivity index (χ2n) is 4.61. The Balaban J connectivity index is 2.20. The molecule has 0 spiro atoms. The molecular weight excluding hydrogens is 250 g/mol. The number of nitrogens with two attached hydrogens (primary N) is 1. The average molecular weight is 265 g/mol. The Kier molecular flexibility index (Phi) is 3.39. The molecule has 1 fully saturated rings. The van der Waals surface area contributed by atoms with Gasteiger partial charge in [0.05, 0.1) is 29.3 Å². The molecule has 1 aliphatic rings. The molecule has 0 atom stereocenters. The van der Waals surface area contributed by atoms with E-state index in [1.54, 1.807) is 0 Å². The van der Waals surface area contributed by atoms with Crippen molar-refractivity contribution in [1.29, 1.82) is 0 Å². The molecule has 1 aliphatic carbocycles. The van der Waals surface area contributed by atoms with Crippen molar-refractivity contribution in [2.24, 2.45) is 5.73 Å². The Morgan fingerprint density at radius 2 is 2.21 bits per heavy atom. The third-order valence-corrected chi connectivity index (χ3v) is 3.34. The van der Waals surface area contributed by atoms with Crippen LogP contribution in [0.25, 0.3) is 0 Å². The van der Waals surface area contributed by atoms with E-state index in [0.29, 0.717) is 18.5 Å². The monoisotopic (exact) mass is 265 g/mol. The number of non-ortho nitro benzene ring substituents is 1. The number of nitro benzene ring substituents is 1. The summed E-state index contributed by atoms with van der Waals surface area (Å²) in [6, 6.07) is 4.01. The first kappa shape index (κ1) is 13.3. The van der Waals surface area contributed by atoms with Crippen molar-refractivity contribution < 1.29 is 14.5 Å². The van der Waals surface area contributed by atoms with Crippen LogP contribution < -0.4 is 15.8 Å². The number of methoxy groups -OCH3 is 1. The number of rotatable bonds is 4. The van der Waals surface area contributed by atoms with Crippen LogP contribution in [0.1, 0.15) is 19.3 Å². The van der Waals surface area contributed by atoms with Gasteiger partial charge in [-0.15, -0.1) is 0 Å². The molecule has 1 aromatic rings. The molecule has 0 bridgehead atoms. The molecule has 7 nitrogen and oxygen atoms in total. The third-order valence-electron chi connectivity index (χ3n) is 3.34. The van der Waals surface area contributed by atoms with Gasteiger partial charge in [0.1, 0.15) is 5.75 Å². The number of carbonyl (C=O) groups is 1. The summed E-state index contributed by atoms with van der Waals surface area (Å²) in [5.74, 6) is -0.0450. The van der Waals surface area contributed by atoms with Gasteiger partial charge in [-0.3, -0.25) is 14.9 Å². The van der Waals surface area contributed by atoms with Gasteiger partial charge < -0.3 is 15.8 Å². The van der Waals surface area contributed by atoms with Crippen LogP contribution in [0.4, 0.5) is 11.4 Å². The Bertz CT molecular complexity index is 526. The Morgan fingerprint density at radius 3 is 2.68 bits per heavy atom. The standard InChI is InChI=1S/C12H15N3O4/c1-19-10-7-8(15(17)18)3-4-9(10)14-11(16)12(13)5-2-6-12/h3-4,7H,2,5-6,13H2,1H3,(H,14,16). The lowest BCUT2D eigenvalue weighted by atomic mass is 9.77. The molecule has 0 radical (unpaired) electrons. The number of nitrogens with zero attached hydrogens (tertiary/aromatic N) is 1. The topological polar surface area (TPSA) is 107 Å². The molecule has 1 amide bonds. The number of hydrogen-bond acceptors (Lipinski definition) is 5. The number of hydrogen-bond donors (Lipinski definition) is 2. The highest BCUT2D eigenvalue weighted by molar-refractivity contribution is 5.99. The number of nitrogens with one attached hydrogen (secondary N) is 1. The number of anilines is 1. The normalized spacial score (nSPS) is 16.3. The van der Waals surface area contributed by atoms with Crippen LogP contribution in [-0.2, 0) is 4.79 Å². The van der Waals surface area contributed by atoms with Crippen molar-refractivity contribution in [2.75, 3.05) is 12.4 Å². The zero-order valence-corrected chi connectivity index (χ0v) is 10.5. The van der Waals surface area contributed by atoms with E-state index in [0.717, 1.165) is 6.42 Å². The predicted molar refractivity (Wildman–Crippen MR) is 69.0 cm³/mol. The number of amides is 1. The molecule has 0 heterocycles. The Hall–Kier alpha value is -2.15. The average Bonchev–Trinajstić information content (AvgIpc) is 2.35. The molecule has 0 aromatic heterocycles. The van der Waals surface area contributed by atoms with Gasteiger partial charge in [0.2, 0.25) is 5.91 Å². The maximum absolute atomic E-state index is 12.0. The van der Waals surface area contributed by atoms with E-state index in [1.165, 1.54) is 25.3 Å². The maximum Gasteiger partial charge on any atom is 0.273 e. The van der Waals surface area contributed by atoms with Crippen molar-refractivity contribution in [3.63, 3.8) is 0 Å². The fourth-order valence-electron chi connectivity index (χ4n) is 1.93. The van der Waals surface area contributed by atoms with Crippen LogP contribution in [0, 0.1) is 10.1 Å². The van der Waals surface area contributed by atoms with Gasteiger partial charge in [-0.1, -0.05) is 0 Å². The van der Waals surface area contributed by atoms with E-state index >= 15 is 0 Å². The van der Waals surface area contributed by atoms with Gasteiger partial charge in [0.25, 0.3) is 5.69 Å². The van der Waals surface area contributed by atoms with Crippen LogP contribution in [0.15, 0.2) is 18.2 Å². The number of benzene rings is 1. The first-order valence-electron chi connectivity index (χ1n) is 5.89. The summed E-state index contributed by atoms with van der Waals surface area (Å²) >= 11 is 0. The second-order valence-corrected chi connectivity index (χ2v) is 4.61. The smallest absolute Gasteiger partial charge is 0.273 e. The van der Waals surface area contributed by atoms with Crippen molar-refractivity contribution in [3.05, 3.63) is 28.3 Å². The van der Waals surface area contributed by atoms with Gasteiger partial charge in [-0.05, 0) is 25.3 Å². The Labute approximate surface area is 109 Å². The molecule has 0 aliphatic heterocycles. The lowest BCUT2D eigenvalue weighted by molar-refractivity contribution is -0.384. The first-order chi connectivity index (χ1) is 8.96. The SMILES string of the molecule is COc1cc([N+](=O)[O-])ccc1NC(=O)C1(N)CCC1. The molecule has 102 valence electrons. The van der Waals surface area contributed by atoms with E-state index < -0.39 is 10.5 Å². The van der Waals surface area contributed by atoms with E-state index in [2.05, 4.69) is 5.32 Å². The van der Waals surface area contributed by atoms with Gasteiger partial charge >= 0.3 is 0 Å². The van der Waals surface area contributed by atoms with Crippen LogP contribution in [-0.4, -0.2) is 23.5 Å². The van der Waals surface area contributed by atoms with Crippen molar-refractivity contribution >= 4 is 17.3 Å². The summed E-state index contributed by atoms with van der Waals surface area (Å²) in [6.07, 6.45) is 2.23. The quantitative estimate of drug-likeness (QED) is 0.632. The third kappa shape index (κ3) is 2.50. The van der Waals surface area contributed by atoms with Crippen LogP contribution in [0.3, 0.4) is 0 Å². The number of ether oxygens (including phenoxy) is 1. The van der Waals surface area contributed by atoms with Crippen molar-refractivity contribution in [3.8, 4) is 5.75 Å². The van der Waals surface area contributed by atoms with Gasteiger partial charge in [-0.2, -0.15) is 0 Å². The predicted octanol–water partition coefficient (Wildman–Crippen LogP) is 1.42. The zero-order chi connectivity index (χ0) is 14.0. The fraction of sp³-hybridized carbons (Fsp3) is 0.417. The van der Waals surface area contributed by atoms with Gasteiger partial charge in [0.15, 0.2) is 0 Å². The molecule has 1 aromatic carbocycles. The van der Waals surface area contributed by atoms with Crippen LogP contribution in [0.2, 0.25) is 0 Å². The summed E-state index contributed by atoms with van der Waals surface area (Å²) in [7, 11) is 1.39. The van der Waals surface area contributed by atoms with Crippen molar-refractivity contribution in [1.82, 2.24) is 0 Å². The highest BCUT2D eigenvalue weighted by atomic mass is 16.6. The molecule has 7 heteroatoms. The minimum atomic E-state index is -0.827. The summed E-state index contributed by atoms with van der Waals surface area (Å²) < 4.78 is 5.04. The highest BCUT2D eigenvalue weighted by Gasteiger charge is 2.40. The molecular formula is C12H15N3O4. The first-order valence-corrected chi connectivity index (χ1v) is 5.89. The van der Waals surface area contributed by atoms with Gasteiger partial charge in [0, 0.05) is 6.07 Å². The molecule has 19 heavy (non-hydrogen) atoms. The van der Waals surface area contributed by atoms with Crippen LogP contribution in [0.5, 0.6) is 5.75 Å². The second kappa shape index (κ2) is 4.85. The molecule has 3 N–H and O–H groups in total. The zero-order valence-electron chi connectivity index (χ0n) is 10.5. The fourth-order valence-corrected chi connectivity index (χ4v) is 1.93. The number of carbonyl (C=O) groups excluding carboxylic acids is 1. The lowest BCUT2D eigenvalue weighted by Crippen LogP contribution is -2.56. The number of nitro groups is 1. The molecule has 2 rings (SSSR count). The summed E-state index contributed by atoms with van der Waals surface area (Å²) in [5, 5.41) is 13.3. The van der Waals surface area contributed by atoms with Gasteiger partial charge in [-0.25, -0.2) is 0 Å². The summed E-state index contributed by atoms with van der Waals surface area (Å²) in [6.45, 7) is 0. The van der Waals surface area contributed by atoms with E-state index in [-0.39, 0.29) is 17.3 Å². The lowest BCUT2D eigenvalue weighted by Gasteiger charge is -2.36. The largest absolute Gasteiger partial charge is 0.494 e. The van der Waals surface area contributed by atoms with E-state index in [9.17, 15) is 14.9 Å². The van der Waals surface area contributed by atoms with E-state index in [4.69, 9.17) is 10.5 Å². The molecule has 0 saturated heterocycles. The minimum Gasteiger partial charge on any atom is -0.494 e. The summed E-state index contributed by atoms with van der Waals surface area (Å²) in [4.78, 5) is 22.1. The van der Waals surface area contributed by atoms with E-state index in [1.807, 2.05) is 0 Å². The Morgan fingerprint density at radius 1 is 1.53 bits per heavy atom. The van der Waals surface area contributed by atoms with Crippen molar-refractivity contribution in [2.45, 2.75) is 24.8 Å². The summed E-state index contributed by atoms with van der Waals surface area (Å²) in [5.41, 5.74) is 5.36.